The molecule has 0 aromatic heterocycles. The Bertz CT molecular complexity index is 285. The van der Waals surface area contributed by atoms with Crippen molar-refractivity contribution in [2.75, 3.05) is 0 Å². The van der Waals surface area contributed by atoms with Gasteiger partial charge in [-0.15, -0.1) is 0 Å². The lowest BCUT2D eigenvalue weighted by atomic mass is 10.1. The van der Waals surface area contributed by atoms with E-state index < -0.39 is 14.4 Å². The van der Waals surface area contributed by atoms with Crippen LogP contribution in [0.4, 0.5) is 0 Å². The van der Waals surface area contributed by atoms with Crippen molar-refractivity contribution in [1.82, 2.24) is 0 Å². The number of aliphatic hydroxyl groups excluding tert-OH is 1. The van der Waals surface area contributed by atoms with Gasteiger partial charge >= 0.3 is 0 Å². The summed E-state index contributed by atoms with van der Waals surface area (Å²) in [4.78, 5) is 0. The minimum Gasteiger partial charge on any atom is -0.544 e. The Kier molecular flexibility index (Phi) is 3.34. The van der Waals surface area contributed by atoms with Gasteiger partial charge in [0.25, 0.3) is 0 Å². The normalized spacial score (nSPS) is 13.8. The van der Waals surface area contributed by atoms with E-state index in [0.29, 0.717) is 0 Å². The van der Waals surface area contributed by atoms with Crippen LogP contribution in [0, 0.1) is 0 Å². The number of benzene rings is 1. The van der Waals surface area contributed by atoms with E-state index in [1.807, 2.05) is 24.3 Å². The van der Waals surface area contributed by atoms with Crippen LogP contribution in [0.15, 0.2) is 24.3 Å². The van der Waals surface area contributed by atoms with Gasteiger partial charge in [-0.05, 0) is 44.3 Å². The summed E-state index contributed by atoms with van der Waals surface area (Å²) in [6, 6.07) is 7.64. The van der Waals surface area contributed by atoms with Crippen molar-refractivity contribution in [2.24, 2.45) is 0 Å². The summed E-state index contributed by atoms with van der Waals surface area (Å²) in [6.45, 7) is 8.20. The highest BCUT2D eigenvalue weighted by atomic mass is 28.4. The third-order valence-electron chi connectivity index (χ3n) is 1.79. The summed E-state index contributed by atoms with van der Waals surface area (Å²) < 4.78 is 5.79. The zero-order valence-corrected chi connectivity index (χ0v) is 10.2. The maximum Gasteiger partial charge on any atom is 0.242 e. The first-order chi connectivity index (χ1) is 6.38. The van der Waals surface area contributed by atoms with E-state index in [1.54, 1.807) is 6.92 Å². The van der Waals surface area contributed by atoms with Gasteiger partial charge in [0, 0.05) is 0 Å². The van der Waals surface area contributed by atoms with Crippen molar-refractivity contribution >= 4 is 8.32 Å². The second-order valence-corrected chi connectivity index (χ2v) is 8.89. The molecule has 0 aliphatic rings. The van der Waals surface area contributed by atoms with Gasteiger partial charge in [0.05, 0.1) is 6.10 Å². The fraction of sp³-hybridized carbons (Fsp3) is 0.455. The summed E-state index contributed by atoms with van der Waals surface area (Å²) in [6.07, 6.45) is -0.407. The fourth-order valence-corrected chi connectivity index (χ4v) is 2.01. The molecule has 1 atom stereocenters. The second-order valence-electron chi connectivity index (χ2n) is 4.46. The largest absolute Gasteiger partial charge is 0.544 e. The zero-order valence-electron chi connectivity index (χ0n) is 9.24. The lowest BCUT2D eigenvalue weighted by molar-refractivity contribution is 0.199. The maximum atomic E-state index is 9.32. The molecule has 0 heterocycles. The molecule has 14 heavy (non-hydrogen) atoms. The van der Waals surface area contributed by atoms with Crippen molar-refractivity contribution in [2.45, 2.75) is 32.7 Å². The van der Waals surface area contributed by atoms with E-state index >= 15 is 0 Å². The molecule has 1 aromatic rings. The smallest absolute Gasteiger partial charge is 0.242 e. The van der Waals surface area contributed by atoms with Crippen molar-refractivity contribution < 1.29 is 9.53 Å². The average Bonchev–Trinajstić information content (AvgIpc) is 2.02. The van der Waals surface area contributed by atoms with Crippen molar-refractivity contribution in [3.8, 4) is 5.75 Å². The molecule has 1 N–H and O–H groups in total. The van der Waals surface area contributed by atoms with Crippen LogP contribution in [0.2, 0.25) is 19.6 Å². The van der Waals surface area contributed by atoms with Crippen molar-refractivity contribution in [3.63, 3.8) is 0 Å². The molecule has 0 aliphatic heterocycles. The fourth-order valence-electron chi connectivity index (χ4n) is 1.17. The summed E-state index contributed by atoms with van der Waals surface area (Å²) in [5, 5.41) is 9.32. The van der Waals surface area contributed by atoms with Crippen LogP contribution in [0.3, 0.4) is 0 Å². The molecule has 2 nitrogen and oxygen atoms in total. The summed E-state index contributed by atoms with van der Waals surface area (Å²) in [5.41, 5.74) is 0.924. The zero-order chi connectivity index (χ0) is 10.8. The van der Waals surface area contributed by atoms with Crippen molar-refractivity contribution in [1.29, 1.82) is 0 Å². The topological polar surface area (TPSA) is 29.5 Å². The Balaban J connectivity index is 2.74. The van der Waals surface area contributed by atoms with Crippen LogP contribution in [0.1, 0.15) is 18.6 Å². The molecule has 1 rings (SSSR count). The third-order valence-corrected chi connectivity index (χ3v) is 2.63. The molecule has 0 unspecified atom stereocenters. The average molecular weight is 210 g/mol. The van der Waals surface area contributed by atoms with Gasteiger partial charge in [-0.1, -0.05) is 12.1 Å². The molecular formula is C11H18O2Si. The SMILES string of the molecule is C[C@H](O)c1ccc(O[Si](C)(C)C)cc1. The van der Waals surface area contributed by atoms with E-state index in [9.17, 15) is 5.11 Å². The van der Waals surface area contributed by atoms with E-state index in [0.717, 1.165) is 11.3 Å². The molecule has 0 radical (unpaired) electrons. The number of rotatable bonds is 3. The molecular weight excluding hydrogens is 192 g/mol. The van der Waals surface area contributed by atoms with E-state index in [1.165, 1.54) is 0 Å². The van der Waals surface area contributed by atoms with Crippen molar-refractivity contribution in [3.05, 3.63) is 29.8 Å². The Morgan fingerprint density at radius 3 is 2.00 bits per heavy atom. The molecule has 0 amide bonds. The molecule has 0 bridgehead atoms. The van der Waals surface area contributed by atoms with Gasteiger partial charge in [0.15, 0.2) is 0 Å². The van der Waals surface area contributed by atoms with Crippen LogP contribution < -0.4 is 4.43 Å². The molecule has 0 aliphatic carbocycles. The lowest BCUT2D eigenvalue weighted by Crippen LogP contribution is -2.29. The first kappa shape index (κ1) is 11.3. The monoisotopic (exact) mass is 210 g/mol. The van der Waals surface area contributed by atoms with E-state index in [4.69, 9.17) is 4.43 Å². The first-order valence-electron chi connectivity index (χ1n) is 4.85. The van der Waals surface area contributed by atoms with Crippen LogP contribution in [0.5, 0.6) is 5.75 Å². The molecule has 0 saturated carbocycles. The predicted octanol–water partition coefficient (Wildman–Crippen LogP) is 2.95. The molecule has 0 saturated heterocycles. The highest BCUT2D eigenvalue weighted by Gasteiger charge is 2.15. The summed E-state index contributed by atoms with van der Waals surface area (Å²) in [7, 11) is -1.51. The molecule has 3 heteroatoms. The standard InChI is InChI=1S/C11H18O2Si/c1-9(12)10-5-7-11(8-6-10)13-14(2,3)4/h5-9,12H,1-4H3/t9-/m0/s1. The van der Waals surface area contributed by atoms with E-state index in [2.05, 4.69) is 19.6 Å². The second kappa shape index (κ2) is 4.15. The highest BCUT2D eigenvalue weighted by Crippen LogP contribution is 2.19. The Morgan fingerprint density at radius 2 is 1.64 bits per heavy atom. The number of hydrogen-bond donors (Lipinski definition) is 1. The number of hydrogen-bond acceptors (Lipinski definition) is 2. The Morgan fingerprint density at radius 1 is 1.14 bits per heavy atom. The Labute approximate surface area is 86.7 Å². The summed E-state index contributed by atoms with van der Waals surface area (Å²) >= 11 is 0. The summed E-state index contributed by atoms with van der Waals surface area (Å²) in [5.74, 6) is 0.897. The van der Waals surface area contributed by atoms with Gasteiger partial charge in [0.1, 0.15) is 5.75 Å². The van der Waals surface area contributed by atoms with Gasteiger partial charge < -0.3 is 9.53 Å². The predicted molar refractivity (Wildman–Crippen MR) is 61.0 cm³/mol. The van der Waals surface area contributed by atoms with Crippen LogP contribution in [0.25, 0.3) is 0 Å². The van der Waals surface area contributed by atoms with Gasteiger partial charge in [-0.3, -0.25) is 0 Å². The van der Waals surface area contributed by atoms with Gasteiger partial charge in [0.2, 0.25) is 8.32 Å². The minimum atomic E-state index is -1.51. The molecule has 0 fully saturated rings. The lowest BCUT2D eigenvalue weighted by Gasteiger charge is -2.19. The maximum absolute atomic E-state index is 9.32. The Hall–Kier alpha value is -0.803. The van der Waals surface area contributed by atoms with Gasteiger partial charge in [-0.25, -0.2) is 0 Å². The molecule has 78 valence electrons. The van der Waals surface area contributed by atoms with Crippen LogP contribution >= 0.6 is 0 Å². The quantitative estimate of drug-likeness (QED) is 0.777. The molecule has 0 spiro atoms. The van der Waals surface area contributed by atoms with Crippen LogP contribution in [-0.2, 0) is 0 Å². The molecule has 1 aromatic carbocycles. The van der Waals surface area contributed by atoms with E-state index in [-0.39, 0.29) is 0 Å². The highest BCUT2D eigenvalue weighted by molar-refractivity contribution is 6.70. The minimum absolute atomic E-state index is 0.407. The van der Waals surface area contributed by atoms with Gasteiger partial charge in [-0.2, -0.15) is 0 Å². The first-order valence-corrected chi connectivity index (χ1v) is 8.26. The number of aliphatic hydroxyl groups is 1. The third kappa shape index (κ3) is 3.52. The van der Waals surface area contributed by atoms with Crippen LogP contribution in [-0.4, -0.2) is 13.4 Å².